The average Bonchev–Trinajstić information content (AvgIpc) is 2.40. The van der Waals surface area contributed by atoms with Gasteiger partial charge in [-0.1, -0.05) is 60.2 Å². The summed E-state index contributed by atoms with van der Waals surface area (Å²) in [5.41, 5.74) is 2.36. The maximum atomic E-state index is 10.8. The summed E-state index contributed by atoms with van der Waals surface area (Å²) in [5.74, 6) is 0. The van der Waals surface area contributed by atoms with Crippen molar-refractivity contribution in [2.45, 2.75) is 19.4 Å². The van der Waals surface area contributed by atoms with Gasteiger partial charge in [0.25, 0.3) is 6.47 Å². The van der Waals surface area contributed by atoms with Crippen molar-refractivity contribution < 1.29 is 9.53 Å². The zero-order valence-electron chi connectivity index (χ0n) is 10.6. The smallest absolute Gasteiger partial charge is 0.294 e. The van der Waals surface area contributed by atoms with Crippen LogP contribution in [0.5, 0.6) is 0 Å². The molecule has 0 saturated heterocycles. The molecule has 2 aromatic carbocycles. The molecule has 18 heavy (non-hydrogen) atoms. The molecular formula is C16H16O2. The molecule has 0 aliphatic carbocycles. The van der Waals surface area contributed by atoms with Crippen molar-refractivity contribution in [1.82, 2.24) is 0 Å². The van der Waals surface area contributed by atoms with Gasteiger partial charge in [-0.25, -0.2) is 0 Å². The first-order valence-corrected chi connectivity index (χ1v) is 5.91. The molecule has 0 aliphatic heterocycles. The van der Waals surface area contributed by atoms with Crippen LogP contribution < -0.4 is 0 Å². The molecular weight excluding hydrogens is 224 g/mol. The molecule has 0 saturated carbocycles. The third kappa shape index (κ3) is 2.28. The van der Waals surface area contributed by atoms with Gasteiger partial charge in [-0.15, -0.1) is 0 Å². The van der Waals surface area contributed by atoms with Crippen LogP contribution in [-0.4, -0.2) is 6.47 Å². The van der Waals surface area contributed by atoms with E-state index in [2.05, 4.69) is 0 Å². The molecule has 2 aromatic rings. The standard InChI is InChI=1S/C16H16O2/c1-13-8-10-15(11-9-13)16(2,18-12-17)14-6-4-3-5-7-14/h3-12H,1-2H3. The molecule has 1 atom stereocenters. The van der Waals surface area contributed by atoms with Gasteiger partial charge >= 0.3 is 0 Å². The molecule has 1 unspecified atom stereocenters. The van der Waals surface area contributed by atoms with Crippen molar-refractivity contribution in [2.24, 2.45) is 0 Å². The Morgan fingerprint density at radius 3 is 2.06 bits per heavy atom. The Hall–Kier alpha value is -2.09. The van der Waals surface area contributed by atoms with Gasteiger partial charge in [0.05, 0.1) is 0 Å². The quantitative estimate of drug-likeness (QED) is 0.765. The van der Waals surface area contributed by atoms with Crippen LogP contribution in [0.3, 0.4) is 0 Å². The molecule has 2 nitrogen and oxygen atoms in total. The fourth-order valence-corrected chi connectivity index (χ4v) is 2.03. The zero-order chi connectivity index (χ0) is 13.0. The van der Waals surface area contributed by atoms with Crippen LogP contribution in [0, 0.1) is 6.92 Å². The SMILES string of the molecule is Cc1ccc(C(C)(OC=O)c2ccccc2)cc1. The Morgan fingerprint density at radius 2 is 1.50 bits per heavy atom. The van der Waals surface area contributed by atoms with Crippen LogP contribution in [0.25, 0.3) is 0 Å². The summed E-state index contributed by atoms with van der Waals surface area (Å²) >= 11 is 0. The van der Waals surface area contributed by atoms with Crippen molar-refractivity contribution in [3.63, 3.8) is 0 Å². The van der Waals surface area contributed by atoms with Gasteiger partial charge in [0.15, 0.2) is 5.60 Å². The Morgan fingerprint density at radius 1 is 0.944 bits per heavy atom. The number of carbonyl (C=O) groups is 1. The van der Waals surface area contributed by atoms with E-state index < -0.39 is 5.60 Å². The van der Waals surface area contributed by atoms with Crippen molar-refractivity contribution >= 4 is 6.47 Å². The molecule has 92 valence electrons. The summed E-state index contributed by atoms with van der Waals surface area (Å²) in [6.45, 7) is 4.44. The molecule has 0 heterocycles. The first-order chi connectivity index (χ1) is 8.66. The van der Waals surface area contributed by atoms with Crippen molar-refractivity contribution in [1.29, 1.82) is 0 Å². The molecule has 0 fully saturated rings. The van der Waals surface area contributed by atoms with Gasteiger partial charge in [0.1, 0.15) is 0 Å². The van der Waals surface area contributed by atoms with Crippen molar-refractivity contribution in [3.8, 4) is 0 Å². The Balaban J connectivity index is 2.50. The van der Waals surface area contributed by atoms with E-state index in [1.807, 2.05) is 68.4 Å². The highest BCUT2D eigenvalue weighted by Gasteiger charge is 2.30. The lowest BCUT2D eigenvalue weighted by Crippen LogP contribution is -2.27. The van der Waals surface area contributed by atoms with Gasteiger partial charge in [-0.05, 0) is 25.0 Å². The van der Waals surface area contributed by atoms with Gasteiger partial charge < -0.3 is 4.74 Å². The van der Waals surface area contributed by atoms with Crippen LogP contribution in [0.2, 0.25) is 0 Å². The predicted molar refractivity (Wildman–Crippen MR) is 71.2 cm³/mol. The third-order valence-electron chi connectivity index (χ3n) is 3.21. The molecule has 2 heteroatoms. The summed E-state index contributed by atoms with van der Waals surface area (Å²) < 4.78 is 5.36. The highest BCUT2D eigenvalue weighted by atomic mass is 16.5. The van der Waals surface area contributed by atoms with E-state index in [0.717, 1.165) is 11.1 Å². The van der Waals surface area contributed by atoms with Crippen LogP contribution in [0.1, 0.15) is 23.6 Å². The number of carbonyl (C=O) groups excluding carboxylic acids is 1. The highest BCUT2D eigenvalue weighted by molar-refractivity contribution is 5.45. The second-order valence-corrected chi connectivity index (χ2v) is 4.48. The molecule has 0 aromatic heterocycles. The van der Waals surface area contributed by atoms with Crippen LogP contribution in [0.4, 0.5) is 0 Å². The number of benzene rings is 2. The average molecular weight is 240 g/mol. The van der Waals surface area contributed by atoms with E-state index in [1.54, 1.807) is 0 Å². The van der Waals surface area contributed by atoms with Gasteiger partial charge in [-0.2, -0.15) is 0 Å². The van der Waals surface area contributed by atoms with Crippen LogP contribution in [-0.2, 0) is 15.1 Å². The normalized spacial score (nSPS) is 13.7. The number of hydrogen-bond donors (Lipinski definition) is 0. The largest absolute Gasteiger partial charge is 0.452 e. The van der Waals surface area contributed by atoms with Gasteiger partial charge in [0, 0.05) is 0 Å². The lowest BCUT2D eigenvalue weighted by atomic mass is 9.87. The van der Waals surface area contributed by atoms with Crippen molar-refractivity contribution in [3.05, 3.63) is 71.3 Å². The Labute approximate surface area is 107 Å². The molecule has 0 N–H and O–H groups in total. The summed E-state index contributed by atoms with van der Waals surface area (Å²) in [6.07, 6.45) is 0. The summed E-state index contributed by atoms with van der Waals surface area (Å²) in [5, 5.41) is 0. The van der Waals surface area contributed by atoms with Crippen LogP contribution >= 0.6 is 0 Å². The second-order valence-electron chi connectivity index (χ2n) is 4.48. The molecule has 0 amide bonds. The topological polar surface area (TPSA) is 26.3 Å². The maximum Gasteiger partial charge on any atom is 0.294 e. The summed E-state index contributed by atoms with van der Waals surface area (Å²) in [6, 6.07) is 17.8. The lowest BCUT2D eigenvalue weighted by Gasteiger charge is -2.28. The Bertz CT molecular complexity index is 517. The van der Waals surface area contributed by atoms with E-state index >= 15 is 0 Å². The lowest BCUT2D eigenvalue weighted by molar-refractivity contribution is -0.139. The summed E-state index contributed by atoms with van der Waals surface area (Å²) in [4.78, 5) is 10.8. The first-order valence-electron chi connectivity index (χ1n) is 5.91. The maximum absolute atomic E-state index is 10.8. The molecule has 0 aliphatic rings. The first kappa shape index (κ1) is 12.4. The number of aryl methyl sites for hydroxylation is 1. The van der Waals surface area contributed by atoms with E-state index in [9.17, 15) is 4.79 Å². The van der Waals surface area contributed by atoms with Gasteiger partial charge in [-0.3, -0.25) is 4.79 Å². The van der Waals surface area contributed by atoms with E-state index in [0.29, 0.717) is 6.47 Å². The predicted octanol–water partition coefficient (Wildman–Crippen LogP) is 3.43. The van der Waals surface area contributed by atoms with Gasteiger partial charge in [0.2, 0.25) is 0 Å². The third-order valence-corrected chi connectivity index (χ3v) is 3.21. The molecule has 0 bridgehead atoms. The zero-order valence-corrected chi connectivity index (χ0v) is 10.6. The van der Waals surface area contributed by atoms with E-state index in [4.69, 9.17) is 4.74 Å². The van der Waals surface area contributed by atoms with E-state index in [1.165, 1.54) is 5.56 Å². The number of ether oxygens (including phenoxy) is 1. The molecule has 2 rings (SSSR count). The number of rotatable bonds is 4. The van der Waals surface area contributed by atoms with E-state index in [-0.39, 0.29) is 0 Å². The van der Waals surface area contributed by atoms with Crippen LogP contribution in [0.15, 0.2) is 54.6 Å². The second kappa shape index (κ2) is 5.05. The fourth-order valence-electron chi connectivity index (χ4n) is 2.03. The minimum Gasteiger partial charge on any atom is -0.452 e. The van der Waals surface area contributed by atoms with Crippen molar-refractivity contribution in [2.75, 3.05) is 0 Å². The monoisotopic (exact) mass is 240 g/mol. The fraction of sp³-hybridized carbons (Fsp3) is 0.188. The molecule has 0 spiro atoms. The highest BCUT2D eigenvalue weighted by Crippen LogP contribution is 2.32. The molecule has 0 radical (unpaired) electrons. The minimum absolute atomic E-state index is 0.507. The minimum atomic E-state index is -0.739. The summed E-state index contributed by atoms with van der Waals surface area (Å²) in [7, 11) is 0. The number of hydrogen-bond acceptors (Lipinski definition) is 2. The Kier molecular flexibility index (Phi) is 3.47.